The van der Waals surface area contributed by atoms with Crippen LogP contribution in [0.4, 0.5) is 0 Å². The Morgan fingerprint density at radius 1 is 1.41 bits per heavy atom. The van der Waals surface area contributed by atoms with Crippen molar-refractivity contribution in [2.45, 2.75) is 59.5 Å². The van der Waals surface area contributed by atoms with Crippen molar-refractivity contribution in [3.8, 4) is 0 Å². The molecule has 2 atom stereocenters. The Morgan fingerprint density at radius 3 is 2.53 bits per heavy atom. The van der Waals surface area contributed by atoms with Gasteiger partial charge in [0.15, 0.2) is 0 Å². The smallest absolute Gasteiger partial charge is 0.0446 e. The van der Waals surface area contributed by atoms with E-state index in [4.69, 9.17) is 0 Å². The largest absolute Gasteiger partial charge is 0.396 e. The third-order valence-corrected chi connectivity index (χ3v) is 5.13. The average Bonchev–Trinajstić information content (AvgIpc) is 2.14. The first-order valence-corrected chi connectivity index (χ1v) is 7.85. The van der Waals surface area contributed by atoms with Crippen LogP contribution in [0.5, 0.6) is 0 Å². The predicted molar refractivity (Wildman–Crippen MR) is 77.6 cm³/mol. The Bertz CT molecular complexity index is 235. The second kappa shape index (κ2) is 5.94. The molecule has 0 bridgehead atoms. The minimum Gasteiger partial charge on any atom is -0.396 e. The Balaban J connectivity index is 2.55. The summed E-state index contributed by atoms with van der Waals surface area (Å²) in [4.78, 5) is 0. The van der Waals surface area contributed by atoms with Gasteiger partial charge in [-0.25, -0.2) is 0 Å². The van der Waals surface area contributed by atoms with Crippen LogP contribution in [0.2, 0.25) is 0 Å². The number of hydrogen-bond donors (Lipinski definition) is 2. The van der Waals surface area contributed by atoms with Crippen LogP contribution in [0.3, 0.4) is 0 Å². The van der Waals surface area contributed by atoms with Crippen molar-refractivity contribution in [3.63, 3.8) is 0 Å². The Morgan fingerprint density at radius 2 is 2.06 bits per heavy atom. The van der Waals surface area contributed by atoms with Gasteiger partial charge in [-0.05, 0) is 29.4 Å². The van der Waals surface area contributed by atoms with Gasteiger partial charge in [-0.2, -0.15) is 11.8 Å². The lowest BCUT2D eigenvalue weighted by atomic mass is 9.82. The number of hydrogen-bond acceptors (Lipinski definition) is 3. The number of aliphatic hydroxyl groups excluding tert-OH is 1. The molecule has 1 rings (SSSR count). The van der Waals surface area contributed by atoms with E-state index in [0.29, 0.717) is 17.5 Å². The average molecular weight is 259 g/mol. The standard InChI is InChI=1S/C14H29NOS/c1-13(2,3)12(6-7-16)15-11-8-14(4,5)10-17-9-11/h11-12,15-16H,6-10H2,1-5H3. The van der Waals surface area contributed by atoms with Crippen LogP contribution in [-0.2, 0) is 0 Å². The van der Waals surface area contributed by atoms with Crippen molar-refractivity contribution in [1.29, 1.82) is 0 Å². The van der Waals surface area contributed by atoms with Crippen LogP contribution in [0.1, 0.15) is 47.5 Å². The quantitative estimate of drug-likeness (QED) is 0.814. The summed E-state index contributed by atoms with van der Waals surface area (Å²) in [5.41, 5.74) is 0.664. The molecule has 0 saturated carbocycles. The molecule has 0 aromatic heterocycles. The molecule has 0 amide bonds. The monoisotopic (exact) mass is 259 g/mol. The van der Waals surface area contributed by atoms with E-state index in [1.54, 1.807) is 0 Å². The fraction of sp³-hybridized carbons (Fsp3) is 1.00. The molecule has 0 aliphatic carbocycles. The highest BCUT2D eigenvalue weighted by molar-refractivity contribution is 7.99. The van der Waals surface area contributed by atoms with Crippen LogP contribution in [0.25, 0.3) is 0 Å². The van der Waals surface area contributed by atoms with E-state index < -0.39 is 0 Å². The van der Waals surface area contributed by atoms with Gasteiger partial charge in [0.25, 0.3) is 0 Å². The van der Waals surface area contributed by atoms with Crippen molar-refractivity contribution in [2.75, 3.05) is 18.1 Å². The summed E-state index contributed by atoms with van der Waals surface area (Å²) in [7, 11) is 0. The van der Waals surface area contributed by atoms with Gasteiger partial charge in [0.05, 0.1) is 0 Å². The molecule has 3 heteroatoms. The zero-order valence-corrected chi connectivity index (χ0v) is 12.9. The Labute approximate surface area is 111 Å². The first-order valence-electron chi connectivity index (χ1n) is 6.69. The van der Waals surface area contributed by atoms with E-state index in [2.05, 4.69) is 51.7 Å². The summed E-state index contributed by atoms with van der Waals surface area (Å²) in [5.74, 6) is 2.48. The first kappa shape index (κ1) is 15.3. The number of thioether (sulfide) groups is 1. The van der Waals surface area contributed by atoms with Gasteiger partial charge in [-0.15, -0.1) is 0 Å². The van der Waals surface area contributed by atoms with Crippen molar-refractivity contribution in [3.05, 3.63) is 0 Å². The number of nitrogens with one attached hydrogen (secondary N) is 1. The summed E-state index contributed by atoms with van der Waals surface area (Å²) in [6.45, 7) is 11.7. The summed E-state index contributed by atoms with van der Waals surface area (Å²) >= 11 is 2.06. The first-order chi connectivity index (χ1) is 7.74. The highest BCUT2D eigenvalue weighted by atomic mass is 32.2. The lowest BCUT2D eigenvalue weighted by Crippen LogP contribution is -2.50. The molecule has 1 fully saturated rings. The summed E-state index contributed by atoms with van der Waals surface area (Å²) in [6, 6.07) is 1.01. The van der Waals surface area contributed by atoms with E-state index in [0.717, 1.165) is 6.42 Å². The van der Waals surface area contributed by atoms with E-state index in [-0.39, 0.29) is 12.0 Å². The maximum atomic E-state index is 9.19. The van der Waals surface area contributed by atoms with Crippen LogP contribution in [0, 0.1) is 10.8 Å². The molecule has 17 heavy (non-hydrogen) atoms. The van der Waals surface area contributed by atoms with Gasteiger partial charge < -0.3 is 10.4 Å². The van der Waals surface area contributed by atoms with Crippen molar-refractivity contribution < 1.29 is 5.11 Å². The fourth-order valence-electron chi connectivity index (χ4n) is 2.55. The van der Waals surface area contributed by atoms with E-state index in [9.17, 15) is 5.11 Å². The molecule has 2 nitrogen and oxygen atoms in total. The number of rotatable bonds is 4. The van der Waals surface area contributed by atoms with Crippen LogP contribution >= 0.6 is 11.8 Å². The van der Waals surface area contributed by atoms with Gasteiger partial charge in [0.2, 0.25) is 0 Å². The normalized spacial score (nSPS) is 26.8. The third-order valence-electron chi connectivity index (χ3n) is 3.51. The molecule has 2 unspecified atom stereocenters. The summed E-state index contributed by atoms with van der Waals surface area (Å²) < 4.78 is 0. The molecule has 1 saturated heterocycles. The van der Waals surface area contributed by atoms with E-state index >= 15 is 0 Å². The molecule has 1 aliphatic rings. The molecule has 1 aliphatic heterocycles. The highest BCUT2D eigenvalue weighted by Crippen LogP contribution is 2.34. The maximum Gasteiger partial charge on any atom is 0.0446 e. The highest BCUT2D eigenvalue weighted by Gasteiger charge is 2.32. The molecule has 102 valence electrons. The van der Waals surface area contributed by atoms with Gasteiger partial charge >= 0.3 is 0 Å². The molecule has 0 spiro atoms. The Kier molecular flexibility index (Phi) is 5.36. The van der Waals surface area contributed by atoms with Crippen LogP contribution < -0.4 is 5.32 Å². The molecule has 1 heterocycles. The molecule has 0 aromatic rings. The lowest BCUT2D eigenvalue weighted by Gasteiger charge is -2.40. The van der Waals surface area contributed by atoms with Crippen molar-refractivity contribution >= 4 is 11.8 Å². The van der Waals surface area contributed by atoms with Crippen LogP contribution in [0.15, 0.2) is 0 Å². The van der Waals surface area contributed by atoms with E-state index in [1.807, 2.05) is 0 Å². The number of aliphatic hydroxyl groups is 1. The topological polar surface area (TPSA) is 32.3 Å². The van der Waals surface area contributed by atoms with Gasteiger partial charge in [-0.1, -0.05) is 34.6 Å². The molecular formula is C14H29NOS. The minimum atomic E-state index is 0.217. The zero-order chi connectivity index (χ0) is 13.1. The van der Waals surface area contributed by atoms with E-state index in [1.165, 1.54) is 17.9 Å². The summed E-state index contributed by atoms with van der Waals surface area (Å²) in [6.07, 6.45) is 2.10. The lowest BCUT2D eigenvalue weighted by molar-refractivity contribution is 0.175. The molecule has 2 N–H and O–H groups in total. The van der Waals surface area contributed by atoms with Gasteiger partial charge in [0.1, 0.15) is 0 Å². The Hall–Kier alpha value is 0.270. The summed E-state index contributed by atoms with van der Waals surface area (Å²) in [5, 5.41) is 13.0. The fourth-order valence-corrected chi connectivity index (χ4v) is 3.84. The second-order valence-corrected chi connectivity index (χ2v) is 8.21. The molecule has 0 radical (unpaired) electrons. The van der Waals surface area contributed by atoms with Gasteiger partial charge in [-0.3, -0.25) is 0 Å². The zero-order valence-electron chi connectivity index (χ0n) is 12.0. The van der Waals surface area contributed by atoms with Gasteiger partial charge in [0, 0.05) is 24.4 Å². The predicted octanol–water partition coefficient (Wildman–Crippen LogP) is 2.90. The van der Waals surface area contributed by atoms with Crippen molar-refractivity contribution in [2.24, 2.45) is 10.8 Å². The molecule has 0 aromatic carbocycles. The maximum absolute atomic E-state index is 9.19. The molecular weight excluding hydrogens is 230 g/mol. The third kappa shape index (κ3) is 5.19. The minimum absolute atomic E-state index is 0.217. The van der Waals surface area contributed by atoms with Crippen molar-refractivity contribution in [1.82, 2.24) is 5.32 Å². The second-order valence-electron chi connectivity index (χ2n) is 7.18. The SMILES string of the molecule is CC1(C)CSCC(NC(CCO)C(C)(C)C)C1. The van der Waals surface area contributed by atoms with Crippen LogP contribution in [-0.4, -0.2) is 35.3 Å².